The molecule has 0 aliphatic carbocycles. The summed E-state index contributed by atoms with van der Waals surface area (Å²) >= 11 is 0. The van der Waals surface area contributed by atoms with Gasteiger partial charge in [0.1, 0.15) is 23.6 Å². The number of rotatable bonds is 9. The molecular formula is C33H44F2N4O6. The summed E-state index contributed by atoms with van der Waals surface area (Å²) in [7, 11) is 0. The van der Waals surface area contributed by atoms with Crippen LogP contribution in [0.5, 0.6) is 5.88 Å². The molecule has 2 fully saturated rings. The Morgan fingerprint density at radius 2 is 1.71 bits per heavy atom. The summed E-state index contributed by atoms with van der Waals surface area (Å²) in [6.07, 6.45) is 0.878. The van der Waals surface area contributed by atoms with Gasteiger partial charge < -0.3 is 29.3 Å². The lowest BCUT2D eigenvalue weighted by molar-refractivity contribution is -0.132. The predicted molar refractivity (Wildman–Crippen MR) is 164 cm³/mol. The first-order valence-electron chi connectivity index (χ1n) is 15.5. The van der Waals surface area contributed by atoms with Gasteiger partial charge in [0.25, 0.3) is 0 Å². The Bertz CT molecular complexity index is 1340. The number of pyridine rings is 1. The lowest BCUT2D eigenvalue weighted by atomic mass is 9.98. The largest absolute Gasteiger partial charge is 0.477 e. The molecule has 12 heteroatoms. The molecule has 0 radical (unpaired) electrons. The number of aromatic nitrogens is 1. The Kier molecular flexibility index (Phi) is 11.2. The Labute approximate surface area is 263 Å². The van der Waals surface area contributed by atoms with E-state index in [1.54, 1.807) is 56.1 Å². The van der Waals surface area contributed by atoms with Crippen molar-refractivity contribution in [3.63, 3.8) is 0 Å². The monoisotopic (exact) mass is 630 g/mol. The quantitative estimate of drug-likeness (QED) is 0.388. The van der Waals surface area contributed by atoms with E-state index in [1.165, 1.54) is 11.0 Å². The molecule has 0 bridgehead atoms. The highest BCUT2D eigenvalue weighted by Gasteiger charge is 2.33. The van der Waals surface area contributed by atoms with Gasteiger partial charge in [0, 0.05) is 38.3 Å². The number of amides is 3. The average Bonchev–Trinajstić information content (AvgIpc) is 3.41. The van der Waals surface area contributed by atoms with E-state index in [0.29, 0.717) is 36.7 Å². The normalized spacial score (nSPS) is 18.1. The first kappa shape index (κ1) is 33.9. The number of nitrogens with zero attached hydrogens (tertiary/aromatic N) is 3. The van der Waals surface area contributed by atoms with Crippen LogP contribution >= 0.6 is 0 Å². The minimum Gasteiger partial charge on any atom is -0.477 e. The molecular weight excluding hydrogens is 586 g/mol. The highest BCUT2D eigenvalue weighted by Crippen LogP contribution is 2.27. The highest BCUT2D eigenvalue weighted by molar-refractivity contribution is 5.86. The molecule has 3 amide bonds. The maximum Gasteiger partial charge on any atom is 0.410 e. The molecule has 0 spiro atoms. The molecule has 2 saturated heterocycles. The summed E-state index contributed by atoms with van der Waals surface area (Å²) in [4.78, 5) is 45.2. The topological polar surface area (TPSA) is 110 Å². The van der Waals surface area contributed by atoms with Gasteiger partial charge >= 0.3 is 12.2 Å². The maximum absolute atomic E-state index is 15.4. The molecule has 2 aliphatic rings. The van der Waals surface area contributed by atoms with Crippen LogP contribution < -0.4 is 10.1 Å². The van der Waals surface area contributed by atoms with Crippen molar-refractivity contribution in [2.45, 2.75) is 84.2 Å². The summed E-state index contributed by atoms with van der Waals surface area (Å²) in [5, 5.41) is 2.56. The molecule has 2 atom stereocenters. The predicted octanol–water partition coefficient (Wildman–Crippen LogP) is 5.53. The number of hydrogen-bond donors (Lipinski definition) is 1. The molecule has 3 heterocycles. The number of carbonyl (C=O) groups is 3. The van der Waals surface area contributed by atoms with Crippen LogP contribution in [-0.4, -0.2) is 89.6 Å². The Morgan fingerprint density at radius 1 is 1.02 bits per heavy atom. The summed E-state index contributed by atoms with van der Waals surface area (Å²) in [5.41, 5.74) is 0.708. The van der Waals surface area contributed by atoms with Gasteiger partial charge in [0.2, 0.25) is 11.8 Å². The summed E-state index contributed by atoms with van der Waals surface area (Å²) in [5.74, 6) is -0.371. The van der Waals surface area contributed by atoms with Crippen LogP contribution in [0.25, 0.3) is 11.1 Å². The second-order valence-corrected chi connectivity index (χ2v) is 12.9. The molecule has 2 aromatic rings. The van der Waals surface area contributed by atoms with Crippen LogP contribution in [-0.2, 0) is 20.7 Å². The van der Waals surface area contributed by atoms with Crippen molar-refractivity contribution >= 4 is 18.1 Å². The molecule has 1 unspecified atom stereocenters. The fourth-order valence-electron chi connectivity index (χ4n) is 5.33. The minimum absolute atomic E-state index is 0.0642. The molecule has 0 saturated carbocycles. The zero-order valence-corrected chi connectivity index (χ0v) is 26.7. The molecule has 2 aliphatic heterocycles. The van der Waals surface area contributed by atoms with Gasteiger partial charge in [-0.2, -0.15) is 0 Å². The van der Waals surface area contributed by atoms with Gasteiger partial charge in [-0.15, -0.1) is 0 Å². The number of likely N-dealkylation sites (tertiary alicyclic amines) is 2. The fourth-order valence-corrected chi connectivity index (χ4v) is 5.33. The van der Waals surface area contributed by atoms with Gasteiger partial charge in [-0.3, -0.25) is 4.79 Å². The molecule has 1 aromatic heterocycles. The zero-order chi connectivity index (χ0) is 32.7. The standard InChI is InChI=1S/C33H44F2N4O6/c1-21(2)44-32(42)38-13-9-22(10-14-38)20-43-29-18-24(8-12-36-29)23-6-7-25(27(35)16-23)17-28(37-31(41)45-33(3,4)5)30(40)39-15-11-26(34)19-39/h6-8,12,16,18,21-22,26,28H,9-11,13-15,17,19-20H2,1-5H3,(H,37,41)/t26-,28?/m0/s1. The van der Waals surface area contributed by atoms with E-state index in [0.717, 1.165) is 12.8 Å². The van der Waals surface area contributed by atoms with E-state index < -0.39 is 35.6 Å². The van der Waals surface area contributed by atoms with Gasteiger partial charge in [-0.1, -0.05) is 12.1 Å². The third-order valence-electron chi connectivity index (χ3n) is 7.65. The summed E-state index contributed by atoms with van der Waals surface area (Å²) in [6, 6.07) is 7.02. The minimum atomic E-state index is -1.13. The third-order valence-corrected chi connectivity index (χ3v) is 7.65. The Morgan fingerprint density at radius 3 is 2.33 bits per heavy atom. The van der Waals surface area contributed by atoms with Gasteiger partial charge in [0.05, 0.1) is 19.3 Å². The summed E-state index contributed by atoms with van der Waals surface area (Å²) in [6.45, 7) is 10.6. The lowest BCUT2D eigenvalue weighted by Crippen LogP contribution is -2.50. The second-order valence-electron chi connectivity index (χ2n) is 12.9. The van der Waals surface area contributed by atoms with E-state index in [1.807, 2.05) is 13.8 Å². The van der Waals surface area contributed by atoms with Gasteiger partial charge in [-0.25, -0.2) is 23.4 Å². The first-order valence-corrected chi connectivity index (χ1v) is 15.5. The number of carbonyl (C=O) groups excluding carboxylic acids is 3. The number of alkyl halides is 1. The number of alkyl carbamates (subject to hydrolysis) is 1. The number of hydrogen-bond acceptors (Lipinski definition) is 7. The van der Waals surface area contributed by atoms with Crippen LogP contribution in [0.2, 0.25) is 0 Å². The number of ether oxygens (including phenoxy) is 3. The van der Waals surface area contributed by atoms with Crippen molar-refractivity contribution in [3.05, 3.63) is 47.9 Å². The number of benzene rings is 1. The molecule has 1 aromatic carbocycles. The second kappa shape index (κ2) is 14.9. The number of halogens is 2. The van der Waals surface area contributed by atoms with Crippen LogP contribution in [0.1, 0.15) is 59.4 Å². The van der Waals surface area contributed by atoms with Crippen molar-refractivity contribution in [2.75, 3.05) is 32.8 Å². The van der Waals surface area contributed by atoms with E-state index in [4.69, 9.17) is 14.2 Å². The Balaban J connectivity index is 1.39. The molecule has 1 N–H and O–H groups in total. The first-order chi connectivity index (χ1) is 21.3. The van der Waals surface area contributed by atoms with E-state index in [9.17, 15) is 18.8 Å². The van der Waals surface area contributed by atoms with Crippen LogP contribution in [0, 0.1) is 11.7 Å². The zero-order valence-electron chi connectivity index (χ0n) is 26.7. The van der Waals surface area contributed by atoms with Crippen molar-refractivity contribution in [3.8, 4) is 17.0 Å². The highest BCUT2D eigenvalue weighted by atomic mass is 19.1. The summed E-state index contributed by atoms with van der Waals surface area (Å²) < 4.78 is 45.8. The van der Waals surface area contributed by atoms with E-state index >= 15 is 4.39 Å². The smallest absolute Gasteiger partial charge is 0.410 e. The maximum atomic E-state index is 15.4. The fraction of sp³-hybridized carbons (Fsp3) is 0.576. The van der Waals surface area contributed by atoms with Gasteiger partial charge in [-0.05, 0) is 88.6 Å². The van der Waals surface area contributed by atoms with E-state index in [-0.39, 0.29) is 49.6 Å². The average molecular weight is 631 g/mol. The van der Waals surface area contributed by atoms with Crippen molar-refractivity contribution in [1.29, 1.82) is 0 Å². The molecule has 10 nitrogen and oxygen atoms in total. The molecule has 4 rings (SSSR count). The van der Waals surface area contributed by atoms with Crippen molar-refractivity contribution < 1.29 is 37.4 Å². The van der Waals surface area contributed by atoms with Crippen molar-refractivity contribution in [1.82, 2.24) is 20.1 Å². The number of nitrogens with one attached hydrogen (secondary N) is 1. The Hall–Kier alpha value is -3.96. The van der Waals surface area contributed by atoms with Crippen molar-refractivity contribution in [2.24, 2.45) is 5.92 Å². The lowest BCUT2D eigenvalue weighted by Gasteiger charge is -2.31. The molecule has 45 heavy (non-hydrogen) atoms. The van der Waals surface area contributed by atoms with Gasteiger partial charge in [0.15, 0.2) is 0 Å². The number of piperidine rings is 1. The third kappa shape index (κ3) is 10.0. The molecule has 246 valence electrons. The van der Waals surface area contributed by atoms with Crippen LogP contribution in [0.4, 0.5) is 18.4 Å². The van der Waals surface area contributed by atoms with E-state index in [2.05, 4.69) is 10.3 Å². The van der Waals surface area contributed by atoms with Crippen LogP contribution in [0.3, 0.4) is 0 Å². The SMILES string of the molecule is CC(C)OC(=O)N1CCC(COc2cc(-c3ccc(CC(NC(=O)OC(C)(C)C)C(=O)N4CC[C@H](F)C4)c(F)c3)ccn2)CC1. The van der Waals surface area contributed by atoms with Crippen LogP contribution in [0.15, 0.2) is 36.5 Å².